The number of carbonyl (C=O) groups excluding carboxylic acids is 2. The number of ketones is 1. The Labute approximate surface area is 200 Å². The van der Waals surface area contributed by atoms with Crippen molar-refractivity contribution in [3.63, 3.8) is 0 Å². The molecule has 0 aromatic heterocycles. The third-order valence-electron chi connectivity index (χ3n) is 6.45. The molecular formula is C27H23F3N2O3. The number of nitrogens with zero attached hydrogens (tertiary/aromatic N) is 1. The van der Waals surface area contributed by atoms with Crippen molar-refractivity contribution >= 4 is 11.8 Å². The van der Waals surface area contributed by atoms with E-state index in [0.717, 1.165) is 11.6 Å². The van der Waals surface area contributed by atoms with Gasteiger partial charge in [-0.05, 0) is 43.9 Å². The number of Topliss-reactive ketones (excluding diaryl/α,β-unsaturated/α-hetero) is 1. The maximum absolute atomic E-state index is 14.0. The topological polar surface area (TPSA) is 79.2 Å². The maximum Gasteiger partial charge on any atom is 0.416 e. The Morgan fingerprint density at radius 1 is 1.14 bits per heavy atom. The van der Waals surface area contributed by atoms with Gasteiger partial charge in [-0.2, -0.15) is 18.4 Å². The molecule has 4 rings (SSSR count). The molecule has 1 aliphatic carbocycles. The van der Waals surface area contributed by atoms with Crippen molar-refractivity contribution in [3.05, 3.63) is 93.3 Å². The van der Waals surface area contributed by atoms with Gasteiger partial charge in [-0.1, -0.05) is 42.5 Å². The molecule has 1 aliphatic heterocycles. The van der Waals surface area contributed by atoms with Crippen LogP contribution in [0.2, 0.25) is 0 Å². The molecule has 1 heterocycles. The van der Waals surface area contributed by atoms with Crippen LogP contribution in [-0.4, -0.2) is 18.4 Å². The Hall–Kier alpha value is -3.86. The monoisotopic (exact) mass is 480 g/mol. The van der Waals surface area contributed by atoms with Crippen LogP contribution in [0, 0.1) is 17.2 Å². The van der Waals surface area contributed by atoms with Gasteiger partial charge in [0.05, 0.1) is 23.8 Å². The van der Waals surface area contributed by atoms with Crippen LogP contribution in [-0.2, 0) is 22.1 Å². The Balaban J connectivity index is 1.99. The van der Waals surface area contributed by atoms with E-state index in [2.05, 4.69) is 5.32 Å². The SMILES string of the molecule is CCOC(=O)[C@@H]1C(=C2CCc3ccccc3C2=O)NC(C)=C(C#N)[C@H]1c1ccccc1C(F)(F)F. The summed E-state index contributed by atoms with van der Waals surface area (Å²) >= 11 is 0. The smallest absolute Gasteiger partial charge is 0.416 e. The number of fused-ring (bicyclic) bond motifs is 1. The zero-order valence-electron chi connectivity index (χ0n) is 19.2. The Morgan fingerprint density at radius 2 is 1.83 bits per heavy atom. The average Bonchev–Trinajstić information content (AvgIpc) is 2.83. The number of nitriles is 1. The van der Waals surface area contributed by atoms with Crippen molar-refractivity contribution in [1.82, 2.24) is 5.32 Å². The lowest BCUT2D eigenvalue weighted by Gasteiger charge is -2.37. The van der Waals surface area contributed by atoms with Crippen LogP contribution in [0.15, 0.2) is 71.1 Å². The van der Waals surface area contributed by atoms with Gasteiger partial charge in [0.25, 0.3) is 0 Å². The minimum absolute atomic E-state index is 0.00670. The molecule has 0 spiro atoms. The number of carbonyl (C=O) groups is 2. The first-order chi connectivity index (χ1) is 16.7. The van der Waals surface area contributed by atoms with Gasteiger partial charge in [-0.15, -0.1) is 0 Å². The lowest BCUT2D eigenvalue weighted by Crippen LogP contribution is -2.40. The van der Waals surface area contributed by atoms with Crippen LogP contribution in [0.25, 0.3) is 0 Å². The second kappa shape index (κ2) is 9.41. The third-order valence-corrected chi connectivity index (χ3v) is 6.45. The Morgan fingerprint density at radius 3 is 2.51 bits per heavy atom. The van der Waals surface area contributed by atoms with Crippen molar-refractivity contribution < 1.29 is 27.5 Å². The van der Waals surface area contributed by atoms with Crippen molar-refractivity contribution in [3.8, 4) is 6.07 Å². The van der Waals surface area contributed by atoms with Gasteiger partial charge in [-0.25, -0.2) is 0 Å². The lowest BCUT2D eigenvalue weighted by molar-refractivity contribution is -0.148. The quantitative estimate of drug-likeness (QED) is 0.467. The first-order valence-corrected chi connectivity index (χ1v) is 11.2. The van der Waals surface area contributed by atoms with E-state index in [4.69, 9.17) is 4.74 Å². The number of halogens is 3. The molecule has 2 atom stereocenters. The first kappa shape index (κ1) is 24.3. The molecule has 8 heteroatoms. The van der Waals surface area contributed by atoms with Crippen LogP contribution in [0.3, 0.4) is 0 Å². The standard InChI is InChI=1S/C27H23F3N2O3/c1-3-35-26(34)23-22(18-10-6-7-11-21(18)27(28,29)30)20(14-31)15(2)32-24(23)19-13-12-16-8-4-5-9-17(16)25(19)33/h4-11,22-23,32H,3,12-13H2,1-2H3/t22-,23+/m1/s1. The first-order valence-electron chi connectivity index (χ1n) is 11.2. The highest BCUT2D eigenvalue weighted by molar-refractivity contribution is 6.11. The van der Waals surface area contributed by atoms with Gasteiger partial charge >= 0.3 is 12.1 Å². The minimum atomic E-state index is -4.71. The fraction of sp³-hybridized carbons (Fsp3) is 0.296. The molecule has 0 saturated carbocycles. The Kier molecular flexibility index (Phi) is 6.53. The summed E-state index contributed by atoms with van der Waals surface area (Å²) in [5, 5.41) is 13.0. The van der Waals surface area contributed by atoms with E-state index in [1.807, 2.05) is 18.2 Å². The van der Waals surface area contributed by atoms with Gasteiger partial charge in [0.1, 0.15) is 5.92 Å². The number of benzene rings is 2. The van der Waals surface area contributed by atoms with Crippen LogP contribution in [0.4, 0.5) is 13.2 Å². The molecule has 0 bridgehead atoms. The van der Waals surface area contributed by atoms with E-state index >= 15 is 0 Å². The molecule has 2 aromatic carbocycles. The number of hydrogen-bond acceptors (Lipinski definition) is 5. The van der Waals surface area contributed by atoms with E-state index in [1.54, 1.807) is 26.0 Å². The number of hydrogen-bond donors (Lipinski definition) is 1. The Bertz CT molecular complexity index is 1300. The summed E-state index contributed by atoms with van der Waals surface area (Å²) in [5.74, 6) is -3.68. The number of alkyl halides is 3. The number of rotatable bonds is 3. The van der Waals surface area contributed by atoms with E-state index < -0.39 is 29.5 Å². The fourth-order valence-corrected chi connectivity index (χ4v) is 4.93. The van der Waals surface area contributed by atoms with Crippen LogP contribution in [0.5, 0.6) is 0 Å². The molecule has 1 N–H and O–H groups in total. The van der Waals surface area contributed by atoms with E-state index in [9.17, 15) is 28.0 Å². The molecule has 0 fully saturated rings. The second-order valence-electron chi connectivity index (χ2n) is 8.45. The van der Waals surface area contributed by atoms with Gasteiger partial charge in [0, 0.05) is 28.4 Å². The van der Waals surface area contributed by atoms with E-state index in [-0.39, 0.29) is 29.2 Å². The zero-order valence-corrected chi connectivity index (χ0v) is 19.2. The summed E-state index contributed by atoms with van der Waals surface area (Å²) in [4.78, 5) is 26.8. The molecular weight excluding hydrogens is 457 g/mol. The number of ether oxygens (including phenoxy) is 1. The predicted octanol–water partition coefficient (Wildman–Crippen LogP) is 5.45. The lowest BCUT2D eigenvalue weighted by atomic mass is 9.72. The number of esters is 1. The van der Waals surface area contributed by atoms with Crippen LogP contribution < -0.4 is 5.32 Å². The fourth-order valence-electron chi connectivity index (χ4n) is 4.93. The molecule has 0 amide bonds. The van der Waals surface area contributed by atoms with Crippen LogP contribution >= 0.6 is 0 Å². The molecule has 35 heavy (non-hydrogen) atoms. The largest absolute Gasteiger partial charge is 0.465 e. The molecule has 180 valence electrons. The third kappa shape index (κ3) is 4.34. The van der Waals surface area contributed by atoms with Gasteiger partial charge < -0.3 is 10.1 Å². The highest BCUT2D eigenvalue weighted by Crippen LogP contribution is 2.47. The molecule has 0 radical (unpaired) electrons. The summed E-state index contributed by atoms with van der Waals surface area (Å²) in [6, 6.07) is 14.0. The van der Waals surface area contributed by atoms with Crippen molar-refractivity contribution in [1.29, 1.82) is 5.26 Å². The van der Waals surface area contributed by atoms with Gasteiger partial charge in [0.15, 0.2) is 5.78 Å². The van der Waals surface area contributed by atoms with E-state index in [1.165, 1.54) is 18.2 Å². The van der Waals surface area contributed by atoms with E-state index in [0.29, 0.717) is 29.7 Å². The molecule has 0 unspecified atom stereocenters. The van der Waals surface area contributed by atoms with Crippen molar-refractivity contribution in [2.24, 2.45) is 5.92 Å². The van der Waals surface area contributed by atoms with Crippen molar-refractivity contribution in [2.45, 2.75) is 38.8 Å². The normalized spacial score (nSPS) is 22.2. The summed E-state index contributed by atoms with van der Waals surface area (Å²) < 4.78 is 47.2. The maximum atomic E-state index is 14.0. The highest BCUT2D eigenvalue weighted by Gasteiger charge is 2.46. The molecule has 2 aromatic rings. The summed E-state index contributed by atoms with van der Waals surface area (Å²) in [6.07, 6.45) is -3.87. The number of aryl methyl sites for hydroxylation is 1. The summed E-state index contributed by atoms with van der Waals surface area (Å²) in [5.41, 5.74) is 1.01. The second-order valence-corrected chi connectivity index (χ2v) is 8.45. The van der Waals surface area contributed by atoms with Crippen LogP contribution in [0.1, 0.15) is 53.2 Å². The molecule has 0 saturated heterocycles. The highest BCUT2D eigenvalue weighted by atomic mass is 19.4. The minimum Gasteiger partial charge on any atom is -0.465 e. The number of allylic oxidation sites excluding steroid dienone is 3. The molecule has 5 nitrogen and oxygen atoms in total. The van der Waals surface area contributed by atoms with Crippen molar-refractivity contribution in [2.75, 3.05) is 6.61 Å². The number of nitrogens with one attached hydrogen (secondary N) is 1. The van der Waals surface area contributed by atoms with Gasteiger partial charge in [-0.3, -0.25) is 9.59 Å². The summed E-state index contributed by atoms with van der Waals surface area (Å²) in [7, 11) is 0. The zero-order chi connectivity index (χ0) is 25.3. The average molecular weight is 480 g/mol. The summed E-state index contributed by atoms with van der Waals surface area (Å²) in [6.45, 7) is 3.14. The predicted molar refractivity (Wildman–Crippen MR) is 122 cm³/mol. The molecule has 2 aliphatic rings. The van der Waals surface area contributed by atoms with Gasteiger partial charge in [0.2, 0.25) is 0 Å².